The first-order valence-corrected chi connectivity index (χ1v) is 9.50. The van der Waals surface area contributed by atoms with Crippen LogP contribution in [0.1, 0.15) is 48.4 Å². The Morgan fingerprint density at radius 2 is 1.93 bits per heavy atom. The second kappa shape index (κ2) is 9.72. The van der Waals surface area contributed by atoms with Crippen molar-refractivity contribution in [3.8, 4) is 0 Å². The van der Waals surface area contributed by atoms with E-state index in [0.717, 1.165) is 11.3 Å². The first-order chi connectivity index (χ1) is 14.0. The van der Waals surface area contributed by atoms with Crippen molar-refractivity contribution in [3.63, 3.8) is 0 Å². The molecule has 0 atom stereocenters. The van der Waals surface area contributed by atoms with E-state index in [4.69, 9.17) is 10.5 Å². The van der Waals surface area contributed by atoms with Crippen LogP contribution in [0.5, 0.6) is 0 Å². The number of nitrogens with one attached hydrogen (secondary N) is 1. The van der Waals surface area contributed by atoms with Gasteiger partial charge >= 0.3 is 12.1 Å². The minimum Gasteiger partial charge on any atom is -0.462 e. The Bertz CT molecular complexity index is 956. The molecule has 0 aliphatic heterocycles. The number of carbonyl (C=O) groups excluding carboxylic acids is 3. The topological polar surface area (TPSA) is 108 Å². The number of thiophene rings is 1. The van der Waals surface area contributed by atoms with Gasteiger partial charge in [0.15, 0.2) is 0 Å². The summed E-state index contributed by atoms with van der Waals surface area (Å²) < 4.78 is 46.2. The zero-order chi connectivity index (χ0) is 22.5. The van der Waals surface area contributed by atoms with Crippen LogP contribution in [0.3, 0.4) is 0 Å². The van der Waals surface area contributed by atoms with Gasteiger partial charge in [-0.05, 0) is 37.1 Å². The summed E-state index contributed by atoms with van der Waals surface area (Å²) >= 11 is 0.835. The molecule has 11 heteroatoms. The van der Waals surface area contributed by atoms with Crippen molar-refractivity contribution in [2.45, 2.75) is 26.6 Å². The SMILES string of the molecule is CCOC(=O)c1c(NC(=O)c2cccc(COCC(F)(F)F)c2)sc(C(N)=O)c1C. The zero-order valence-electron chi connectivity index (χ0n) is 16.1. The number of rotatable bonds is 8. The Balaban J connectivity index is 2.23. The Morgan fingerprint density at radius 3 is 2.53 bits per heavy atom. The van der Waals surface area contributed by atoms with Crippen molar-refractivity contribution in [1.29, 1.82) is 0 Å². The lowest BCUT2D eigenvalue weighted by molar-refractivity contribution is -0.176. The number of hydrogen-bond acceptors (Lipinski definition) is 6. The highest BCUT2D eigenvalue weighted by molar-refractivity contribution is 7.18. The standard InChI is InChI=1S/C19H19F3N2O5S/c1-3-29-18(27)13-10(2)14(15(23)25)30-17(13)24-16(26)12-6-4-5-11(7-12)8-28-9-19(20,21)22/h4-7H,3,8-9H2,1-2H3,(H2,23,25)(H,24,26). The van der Waals surface area contributed by atoms with Crippen LogP contribution in [0, 0.1) is 6.92 Å². The molecule has 0 saturated heterocycles. The molecule has 0 aliphatic carbocycles. The second-order valence-electron chi connectivity index (χ2n) is 6.11. The molecular formula is C19H19F3N2O5S. The van der Waals surface area contributed by atoms with Gasteiger partial charge in [-0.15, -0.1) is 11.3 Å². The van der Waals surface area contributed by atoms with Crippen LogP contribution in [-0.4, -0.2) is 37.2 Å². The van der Waals surface area contributed by atoms with E-state index in [0.29, 0.717) is 5.56 Å². The van der Waals surface area contributed by atoms with Gasteiger partial charge in [-0.25, -0.2) is 4.79 Å². The summed E-state index contributed by atoms with van der Waals surface area (Å²) in [5, 5.41) is 2.63. The van der Waals surface area contributed by atoms with Crippen LogP contribution in [0.4, 0.5) is 18.2 Å². The third kappa shape index (κ3) is 6.04. The van der Waals surface area contributed by atoms with Gasteiger partial charge in [0.25, 0.3) is 11.8 Å². The second-order valence-corrected chi connectivity index (χ2v) is 7.13. The van der Waals surface area contributed by atoms with E-state index < -0.39 is 30.6 Å². The molecule has 2 amide bonds. The first-order valence-electron chi connectivity index (χ1n) is 8.68. The van der Waals surface area contributed by atoms with Gasteiger partial charge < -0.3 is 20.5 Å². The summed E-state index contributed by atoms with van der Waals surface area (Å²) in [7, 11) is 0. The average Bonchev–Trinajstić information content (AvgIpc) is 2.97. The molecule has 3 N–H and O–H groups in total. The molecule has 7 nitrogen and oxygen atoms in total. The number of esters is 1. The largest absolute Gasteiger partial charge is 0.462 e. The number of hydrogen-bond donors (Lipinski definition) is 2. The first kappa shape index (κ1) is 23.4. The van der Waals surface area contributed by atoms with Gasteiger partial charge in [-0.1, -0.05) is 12.1 Å². The Hall–Kier alpha value is -2.92. The van der Waals surface area contributed by atoms with Gasteiger partial charge in [-0.3, -0.25) is 9.59 Å². The number of nitrogens with two attached hydrogens (primary N) is 1. The molecule has 0 unspecified atom stereocenters. The van der Waals surface area contributed by atoms with E-state index in [1.54, 1.807) is 6.92 Å². The molecule has 0 bridgehead atoms. The van der Waals surface area contributed by atoms with E-state index in [1.807, 2.05) is 0 Å². The van der Waals surface area contributed by atoms with Crippen LogP contribution in [0.25, 0.3) is 0 Å². The molecule has 1 aromatic heterocycles. The number of carbonyl (C=O) groups is 3. The van der Waals surface area contributed by atoms with Crippen molar-refractivity contribution in [1.82, 2.24) is 0 Å². The van der Waals surface area contributed by atoms with Crippen molar-refractivity contribution >= 4 is 34.1 Å². The summed E-state index contributed by atoms with van der Waals surface area (Å²) in [6, 6.07) is 5.81. The lowest BCUT2D eigenvalue weighted by Crippen LogP contribution is -2.17. The van der Waals surface area contributed by atoms with Crippen LogP contribution in [0.15, 0.2) is 24.3 Å². The molecule has 0 fully saturated rings. The van der Waals surface area contributed by atoms with Crippen molar-refractivity contribution in [2.24, 2.45) is 5.73 Å². The van der Waals surface area contributed by atoms with Gasteiger partial charge in [0.2, 0.25) is 0 Å². The maximum absolute atomic E-state index is 12.6. The number of benzene rings is 1. The average molecular weight is 444 g/mol. The molecule has 2 rings (SSSR count). The molecule has 0 spiro atoms. The normalized spacial score (nSPS) is 11.2. The summed E-state index contributed by atoms with van der Waals surface area (Å²) in [5.74, 6) is -2.11. The van der Waals surface area contributed by atoms with Crippen LogP contribution >= 0.6 is 11.3 Å². The van der Waals surface area contributed by atoms with Gasteiger partial charge in [-0.2, -0.15) is 13.2 Å². The fourth-order valence-corrected chi connectivity index (χ4v) is 3.59. The third-order valence-electron chi connectivity index (χ3n) is 3.80. The molecule has 162 valence electrons. The van der Waals surface area contributed by atoms with Crippen LogP contribution < -0.4 is 11.1 Å². The van der Waals surface area contributed by atoms with E-state index in [-0.39, 0.29) is 39.8 Å². The van der Waals surface area contributed by atoms with Crippen LogP contribution in [0.2, 0.25) is 0 Å². The summed E-state index contributed by atoms with van der Waals surface area (Å²) in [6.45, 7) is 1.47. The van der Waals surface area contributed by atoms with E-state index >= 15 is 0 Å². The number of ether oxygens (including phenoxy) is 2. The Kier molecular flexibility index (Phi) is 7.57. The zero-order valence-corrected chi connectivity index (χ0v) is 16.9. The molecule has 1 aromatic carbocycles. The fourth-order valence-electron chi connectivity index (χ4n) is 2.55. The van der Waals surface area contributed by atoms with E-state index in [1.165, 1.54) is 31.2 Å². The van der Waals surface area contributed by atoms with Gasteiger partial charge in [0.05, 0.1) is 23.7 Å². The highest BCUT2D eigenvalue weighted by Gasteiger charge is 2.28. The highest BCUT2D eigenvalue weighted by Crippen LogP contribution is 2.34. The number of halogens is 3. The van der Waals surface area contributed by atoms with Crippen molar-refractivity contribution < 1.29 is 37.0 Å². The summed E-state index contributed by atoms with van der Waals surface area (Å²) in [6.07, 6.45) is -4.45. The lowest BCUT2D eigenvalue weighted by atomic mass is 10.1. The van der Waals surface area contributed by atoms with Crippen molar-refractivity contribution in [3.05, 3.63) is 51.4 Å². The number of amides is 2. The number of primary amides is 1. The molecule has 1 heterocycles. The van der Waals surface area contributed by atoms with E-state index in [2.05, 4.69) is 10.1 Å². The van der Waals surface area contributed by atoms with Gasteiger partial charge in [0.1, 0.15) is 11.6 Å². The predicted octanol–water partition coefficient (Wildman–Crippen LogP) is 3.66. The number of alkyl halides is 3. The molecular weight excluding hydrogens is 425 g/mol. The highest BCUT2D eigenvalue weighted by atomic mass is 32.1. The fraction of sp³-hybridized carbons (Fsp3) is 0.316. The molecule has 0 radical (unpaired) electrons. The molecule has 2 aromatic rings. The molecule has 30 heavy (non-hydrogen) atoms. The van der Waals surface area contributed by atoms with E-state index in [9.17, 15) is 27.6 Å². The van der Waals surface area contributed by atoms with Crippen molar-refractivity contribution in [2.75, 3.05) is 18.5 Å². The Labute approximate surface area is 174 Å². The van der Waals surface area contributed by atoms with Crippen LogP contribution in [-0.2, 0) is 16.1 Å². The third-order valence-corrected chi connectivity index (χ3v) is 5.02. The quantitative estimate of drug-likeness (QED) is 0.604. The minimum atomic E-state index is -4.45. The monoisotopic (exact) mass is 444 g/mol. The Morgan fingerprint density at radius 1 is 1.23 bits per heavy atom. The smallest absolute Gasteiger partial charge is 0.411 e. The minimum absolute atomic E-state index is 0.0219. The maximum atomic E-state index is 12.6. The summed E-state index contributed by atoms with van der Waals surface area (Å²) in [5.41, 5.74) is 6.12. The molecule has 0 saturated carbocycles. The summed E-state index contributed by atoms with van der Waals surface area (Å²) in [4.78, 5) is 36.6. The van der Waals surface area contributed by atoms with Gasteiger partial charge in [0, 0.05) is 5.56 Å². The maximum Gasteiger partial charge on any atom is 0.411 e. The molecule has 0 aliphatic rings. The predicted molar refractivity (Wildman–Crippen MR) is 104 cm³/mol. The number of anilines is 1. The lowest BCUT2D eigenvalue weighted by Gasteiger charge is -2.10.